The van der Waals surface area contributed by atoms with Gasteiger partial charge in [0.1, 0.15) is 12.1 Å². The molecule has 1 heterocycles. The van der Waals surface area contributed by atoms with Crippen LogP contribution in [0.3, 0.4) is 0 Å². The van der Waals surface area contributed by atoms with E-state index in [2.05, 4.69) is 21.3 Å². The maximum absolute atomic E-state index is 14.1. The van der Waals surface area contributed by atoms with Gasteiger partial charge in [-0.25, -0.2) is 9.59 Å². The van der Waals surface area contributed by atoms with Crippen LogP contribution in [0.2, 0.25) is 0 Å². The van der Waals surface area contributed by atoms with Crippen molar-refractivity contribution >= 4 is 41.5 Å². The maximum Gasteiger partial charge on any atom is 0.407 e. The van der Waals surface area contributed by atoms with Crippen LogP contribution in [-0.4, -0.2) is 89.3 Å². The summed E-state index contributed by atoms with van der Waals surface area (Å²) < 4.78 is 5.32. The molecule has 270 valence electrons. The number of alkyl carbamates (subject to hydrolysis) is 1. The molecule has 49 heavy (non-hydrogen) atoms. The molecule has 1 aliphatic carbocycles. The van der Waals surface area contributed by atoms with Crippen molar-refractivity contribution in [2.45, 2.75) is 103 Å². The molecule has 0 radical (unpaired) electrons. The molecule has 1 saturated heterocycles. The van der Waals surface area contributed by atoms with Gasteiger partial charge in [-0.05, 0) is 49.0 Å². The number of nitrogens with zero attached hydrogens (tertiary/aromatic N) is 1. The Kier molecular flexibility index (Phi) is 15.0. The van der Waals surface area contributed by atoms with Gasteiger partial charge in [0.05, 0.1) is 19.2 Å². The van der Waals surface area contributed by atoms with E-state index in [0.717, 1.165) is 32.1 Å². The average molecular weight is 686 g/mol. The molecule has 5 N–H and O–H groups in total. The summed E-state index contributed by atoms with van der Waals surface area (Å²) in [6, 6.07) is 3.65. The number of benzene rings is 1. The van der Waals surface area contributed by atoms with Gasteiger partial charge in [-0.3, -0.25) is 24.0 Å². The Hall–Kier alpha value is -4.49. The molecule has 1 saturated carbocycles. The molecule has 5 amide bonds. The van der Waals surface area contributed by atoms with Crippen LogP contribution in [0.5, 0.6) is 0 Å². The van der Waals surface area contributed by atoms with Crippen molar-refractivity contribution in [1.29, 1.82) is 0 Å². The topological polar surface area (TPSA) is 200 Å². The molecule has 0 aromatic heterocycles. The summed E-state index contributed by atoms with van der Waals surface area (Å²) in [6.45, 7) is 7.33. The van der Waals surface area contributed by atoms with E-state index in [1.165, 1.54) is 17.0 Å². The molecule has 5 atom stereocenters. The fourth-order valence-electron chi connectivity index (χ4n) is 6.35. The van der Waals surface area contributed by atoms with Gasteiger partial charge in [-0.1, -0.05) is 83.7 Å². The number of aliphatic carboxylic acids is 1. The van der Waals surface area contributed by atoms with Crippen molar-refractivity contribution in [3.63, 3.8) is 0 Å². The number of carbonyl (C=O) groups excluding carboxylic acids is 6. The van der Waals surface area contributed by atoms with Gasteiger partial charge in [-0.15, -0.1) is 0 Å². The molecular weight excluding hydrogens is 634 g/mol. The second-order valence-corrected chi connectivity index (χ2v) is 13.5. The quantitative estimate of drug-likeness (QED) is 0.162. The van der Waals surface area contributed by atoms with E-state index < -0.39 is 66.3 Å². The summed E-state index contributed by atoms with van der Waals surface area (Å²) in [4.78, 5) is 92.1. The second-order valence-electron chi connectivity index (χ2n) is 13.5. The number of rotatable bonds is 16. The molecule has 2 fully saturated rings. The number of hydrogen-bond donors (Lipinski definition) is 5. The minimum atomic E-state index is -1.36. The Labute approximate surface area is 287 Å². The third-order valence-electron chi connectivity index (χ3n) is 8.83. The number of likely N-dealkylation sites (tertiary alicyclic amines) is 1. The Morgan fingerprint density at radius 3 is 2.24 bits per heavy atom. The van der Waals surface area contributed by atoms with Crippen LogP contribution in [0.1, 0.15) is 90.7 Å². The van der Waals surface area contributed by atoms with Gasteiger partial charge in [0.25, 0.3) is 5.91 Å². The first-order valence-electron chi connectivity index (χ1n) is 17.3. The summed E-state index contributed by atoms with van der Waals surface area (Å²) in [5.41, 5.74) is 0.331. The normalized spacial score (nSPS) is 19.7. The number of carboxylic acids is 1. The van der Waals surface area contributed by atoms with Crippen molar-refractivity contribution in [3.05, 3.63) is 35.9 Å². The van der Waals surface area contributed by atoms with Crippen LogP contribution in [0, 0.1) is 17.8 Å². The van der Waals surface area contributed by atoms with E-state index in [4.69, 9.17) is 4.74 Å². The number of Topliss-reactive ketones (excluding diaryl/α,β-unsaturated/α-hetero) is 1. The zero-order chi connectivity index (χ0) is 36.1. The predicted octanol–water partition coefficient (Wildman–Crippen LogP) is 2.47. The van der Waals surface area contributed by atoms with Gasteiger partial charge in [0.15, 0.2) is 6.04 Å². The number of hydrogen-bond acceptors (Lipinski definition) is 8. The lowest BCUT2D eigenvalue weighted by Gasteiger charge is -2.34. The fourth-order valence-corrected chi connectivity index (χ4v) is 6.35. The summed E-state index contributed by atoms with van der Waals surface area (Å²) in [7, 11) is 0. The first-order valence-corrected chi connectivity index (χ1v) is 17.3. The standard InChI is InChI=1S/C35H51N5O9/c1-5-12-25(30(42)32(44)36-18-27(41)38-29(34(46)47)24-15-10-7-11-16-24)37-31(43)26-17-22(4)19-40(26)33(45)28(23-13-8-6-9-14-23)39-35(48)49-20-21(2)3/h7,10-11,15-16,21-23,25-26,28-29H,5-6,8-9,12-14,17-20H2,1-4H3,(H,36,44)(H,37,43)(H,38,41)(H,39,48)(H,46,47)/t22-,25?,26+,28+,29+/m1/s1. The highest BCUT2D eigenvalue weighted by Gasteiger charge is 2.44. The highest BCUT2D eigenvalue weighted by molar-refractivity contribution is 6.38. The maximum atomic E-state index is 14.1. The van der Waals surface area contributed by atoms with Crippen molar-refractivity contribution in [1.82, 2.24) is 26.2 Å². The monoisotopic (exact) mass is 685 g/mol. The van der Waals surface area contributed by atoms with Crippen molar-refractivity contribution in [2.75, 3.05) is 19.7 Å². The first kappa shape index (κ1) is 39.0. The van der Waals surface area contributed by atoms with Crippen molar-refractivity contribution < 1.29 is 43.4 Å². The number of carboxylic acid groups (broad SMARTS) is 1. The number of ketones is 1. The summed E-state index contributed by atoms with van der Waals surface area (Å²) >= 11 is 0. The van der Waals surface area contributed by atoms with E-state index in [9.17, 15) is 38.7 Å². The van der Waals surface area contributed by atoms with Gasteiger partial charge in [-0.2, -0.15) is 0 Å². The lowest BCUT2D eigenvalue weighted by molar-refractivity contribution is -0.144. The van der Waals surface area contributed by atoms with E-state index in [1.807, 2.05) is 20.8 Å². The molecule has 14 nitrogen and oxygen atoms in total. The van der Waals surface area contributed by atoms with Gasteiger partial charge >= 0.3 is 12.1 Å². The van der Waals surface area contributed by atoms with Crippen LogP contribution in [0.4, 0.5) is 4.79 Å². The van der Waals surface area contributed by atoms with E-state index in [-0.39, 0.29) is 43.2 Å². The summed E-state index contributed by atoms with van der Waals surface area (Å²) in [5, 5.41) is 19.5. The largest absolute Gasteiger partial charge is 0.479 e. The van der Waals surface area contributed by atoms with Crippen LogP contribution in [-0.2, 0) is 33.5 Å². The van der Waals surface area contributed by atoms with Gasteiger partial charge in [0, 0.05) is 6.54 Å². The molecule has 2 aliphatic rings. The smallest absolute Gasteiger partial charge is 0.407 e. The number of nitrogens with one attached hydrogen (secondary N) is 4. The number of amides is 5. The Morgan fingerprint density at radius 2 is 1.63 bits per heavy atom. The van der Waals surface area contributed by atoms with Crippen LogP contribution >= 0.6 is 0 Å². The number of carbonyl (C=O) groups is 7. The lowest BCUT2D eigenvalue weighted by Crippen LogP contribution is -2.58. The molecule has 1 aromatic rings. The Bertz CT molecular complexity index is 1330. The molecule has 1 aromatic carbocycles. The third-order valence-corrected chi connectivity index (χ3v) is 8.83. The molecule has 0 bridgehead atoms. The van der Waals surface area contributed by atoms with Crippen molar-refractivity contribution in [2.24, 2.45) is 17.8 Å². The molecule has 14 heteroatoms. The zero-order valence-electron chi connectivity index (χ0n) is 28.9. The minimum Gasteiger partial charge on any atom is -0.479 e. The Morgan fingerprint density at radius 1 is 0.959 bits per heavy atom. The minimum absolute atomic E-state index is 0.0350. The predicted molar refractivity (Wildman–Crippen MR) is 179 cm³/mol. The fraction of sp³-hybridized carbons (Fsp3) is 0.629. The molecule has 1 unspecified atom stereocenters. The Balaban J connectivity index is 1.66. The van der Waals surface area contributed by atoms with E-state index >= 15 is 0 Å². The molecule has 0 spiro atoms. The zero-order valence-corrected chi connectivity index (χ0v) is 28.9. The molecule has 3 rings (SSSR count). The van der Waals surface area contributed by atoms with Crippen LogP contribution < -0.4 is 21.3 Å². The highest BCUT2D eigenvalue weighted by Crippen LogP contribution is 2.31. The SMILES string of the molecule is CCCC(NC(=O)[C@@H]1C[C@@H](C)CN1C(=O)[C@@H](NC(=O)OCC(C)C)C1CCCCC1)C(=O)C(=O)NCC(=O)N[C@H](C(=O)O)c1ccccc1. The second kappa shape index (κ2) is 18.9. The average Bonchev–Trinajstić information content (AvgIpc) is 3.49. The molecular formula is C35H51N5O9. The molecule has 1 aliphatic heterocycles. The number of ether oxygens (including phenoxy) is 1. The summed E-state index contributed by atoms with van der Waals surface area (Å²) in [5.74, 6) is -5.21. The summed E-state index contributed by atoms with van der Waals surface area (Å²) in [6.07, 6.45) is 4.62. The van der Waals surface area contributed by atoms with E-state index in [1.54, 1.807) is 25.1 Å². The lowest BCUT2D eigenvalue weighted by atomic mass is 9.83. The van der Waals surface area contributed by atoms with Crippen molar-refractivity contribution in [3.8, 4) is 0 Å². The third kappa shape index (κ3) is 11.6. The van der Waals surface area contributed by atoms with Gasteiger partial charge in [0.2, 0.25) is 23.5 Å². The van der Waals surface area contributed by atoms with E-state index in [0.29, 0.717) is 18.4 Å². The first-order chi connectivity index (χ1) is 23.3. The van der Waals surface area contributed by atoms with Gasteiger partial charge < -0.3 is 36.0 Å². The van der Waals surface area contributed by atoms with Crippen LogP contribution in [0.15, 0.2) is 30.3 Å². The van der Waals surface area contributed by atoms with Crippen LogP contribution in [0.25, 0.3) is 0 Å². The highest BCUT2D eigenvalue weighted by atomic mass is 16.5.